The number of thiazole rings is 1. The molecule has 1 aromatic heterocycles. The van der Waals surface area contributed by atoms with Gasteiger partial charge in [0.15, 0.2) is 5.13 Å². The minimum Gasteiger partial charge on any atom is -0.399 e. The predicted octanol–water partition coefficient (Wildman–Crippen LogP) is 3.09. The Hall–Kier alpha value is -1.29. The highest BCUT2D eigenvalue weighted by Crippen LogP contribution is 2.29. The van der Waals surface area contributed by atoms with Crippen molar-refractivity contribution in [2.45, 2.75) is 26.3 Å². The van der Waals surface area contributed by atoms with E-state index in [-0.39, 0.29) is 5.54 Å². The largest absolute Gasteiger partial charge is 0.399 e. The van der Waals surface area contributed by atoms with Gasteiger partial charge in [0.05, 0.1) is 10.2 Å². The molecule has 0 saturated heterocycles. The molecular formula is C11H15N3S. The van der Waals surface area contributed by atoms with E-state index >= 15 is 0 Å². The van der Waals surface area contributed by atoms with Gasteiger partial charge in [0.2, 0.25) is 0 Å². The van der Waals surface area contributed by atoms with E-state index in [0.717, 1.165) is 21.0 Å². The Morgan fingerprint density at radius 2 is 2.07 bits per heavy atom. The Labute approximate surface area is 93.3 Å². The molecule has 0 spiro atoms. The monoisotopic (exact) mass is 221 g/mol. The van der Waals surface area contributed by atoms with Crippen molar-refractivity contribution in [2.24, 2.45) is 0 Å². The molecule has 0 aliphatic rings. The maximum absolute atomic E-state index is 5.72. The Balaban J connectivity index is 2.39. The number of benzene rings is 1. The first-order chi connectivity index (χ1) is 6.94. The van der Waals surface area contributed by atoms with E-state index in [9.17, 15) is 0 Å². The number of nitrogen functional groups attached to an aromatic ring is 1. The number of hydrogen-bond donors (Lipinski definition) is 2. The minimum absolute atomic E-state index is 0.0411. The van der Waals surface area contributed by atoms with E-state index in [1.165, 1.54) is 0 Å². The molecule has 0 bridgehead atoms. The topological polar surface area (TPSA) is 50.9 Å². The van der Waals surface area contributed by atoms with E-state index in [2.05, 4.69) is 31.1 Å². The molecule has 15 heavy (non-hydrogen) atoms. The van der Waals surface area contributed by atoms with E-state index in [1.807, 2.05) is 18.2 Å². The Morgan fingerprint density at radius 3 is 2.73 bits per heavy atom. The molecule has 3 nitrogen and oxygen atoms in total. The van der Waals surface area contributed by atoms with Crippen molar-refractivity contribution in [1.82, 2.24) is 4.98 Å². The standard InChI is InChI=1S/C11H15N3S/c1-11(2,3)14-10-13-8-5-4-7(12)6-9(8)15-10/h4-6H,12H2,1-3H3,(H,13,14). The van der Waals surface area contributed by atoms with Crippen molar-refractivity contribution >= 4 is 32.4 Å². The lowest BCUT2D eigenvalue weighted by atomic mass is 10.1. The number of nitrogens with zero attached hydrogens (tertiary/aromatic N) is 1. The van der Waals surface area contributed by atoms with Crippen molar-refractivity contribution in [2.75, 3.05) is 11.1 Å². The fourth-order valence-corrected chi connectivity index (χ4v) is 2.44. The van der Waals surface area contributed by atoms with Gasteiger partial charge in [-0.15, -0.1) is 0 Å². The quantitative estimate of drug-likeness (QED) is 0.727. The number of nitrogens with two attached hydrogens (primary N) is 1. The van der Waals surface area contributed by atoms with Crippen molar-refractivity contribution in [3.63, 3.8) is 0 Å². The summed E-state index contributed by atoms with van der Waals surface area (Å²) in [6.07, 6.45) is 0. The number of fused-ring (bicyclic) bond motifs is 1. The summed E-state index contributed by atoms with van der Waals surface area (Å²) in [5, 5.41) is 4.30. The lowest BCUT2D eigenvalue weighted by Gasteiger charge is -2.19. The summed E-state index contributed by atoms with van der Waals surface area (Å²) in [7, 11) is 0. The van der Waals surface area contributed by atoms with Gasteiger partial charge < -0.3 is 11.1 Å². The zero-order valence-electron chi connectivity index (χ0n) is 9.16. The molecule has 0 radical (unpaired) electrons. The molecule has 2 aromatic rings. The van der Waals surface area contributed by atoms with Gasteiger partial charge in [0.1, 0.15) is 0 Å². The second-order valence-electron chi connectivity index (χ2n) is 4.62. The summed E-state index contributed by atoms with van der Waals surface area (Å²) in [5.41, 5.74) is 7.55. The summed E-state index contributed by atoms with van der Waals surface area (Å²) >= 11 is 1.64. The molecule has 0 fully saturated rings. The van der Waals surface area contributed by atoms with Crippen molar-refractivity contribution in [3.05, 3.63) is 18.2 Å². The molecule has 0 aliphatic carbocycles. The molecule has 1 aromatic carbocycles. The molecule has 2 rings (SSSR count). The normalized spacial score (nSPS) is 11.9. The molecule has 1 heterocycles. The van der Waals surface area contributed by atoms with Gasteiger partial charge in [0, 0.05) is 11.2 Å². The summed E-state index contributed by atoms with van der Waals surface area (Å²) < 4.78 is 1.13. The fraction of sp³-hybridized carbons (Fsp3) is 0.364. The van der Waals surface area contributed by atoms with Crippen LogP contribution in [0.25, 0.3) is 10.2 Å². The molecule has 0 aliphatic heterocycles. The highest BCUT2D eigenvalue weighted by Gasteiger charge is 2.12. The summed E-state index contributed by atoms with van der Waals surface area (Å²) in [6.45, 7) is 6.36. The first kappa shape index (κ1) is 10.2. The van der Waals surface area contributed by atoms with Crippen LogP contribution < -0.4 is 11.1 Å². The summed E-state index contributed by atoms with van der Waals surface area (Å²) in [5.74, 6) is 0. The van der Waals surface area contributed by atoms with Crippen LogP contribution in [0.15, 0.2) is 18.2 Å². The third-order valence-corrected chi connectivity index (χ3v) is 2.83. The van der Waals surface area contributed by atoms with Gasteiger partial charge in [-0.25, -0.2) is 4.98 Å². The lowest BCUT2D eigenvalue weighted by Crippen LogP contribution is -2.25. The number of hydrogen-bond acceptors (Lipinski definition) is 4. The first-order valence-corrected chi connectivity index (χ1v) is 5.70. The highest BCUT2D eigenvalue weighted by molar-refractivity contribution is 7.22. The first-order valence-electron chi connectivity index (χ1n) is 4.88. The van der Waals surface area contributed by atoms with Gasteiger partial charge in [-0.3, -0.25) is 0 Å². The van der Waals surface area contributed by atoms with E-state index in [1.54, 1.807) is 11.3 Å². The highest BCUT2D eigenvalue weighted by atomic mass is 32.1. The van der Waals surface area contributed by atoms with E-state index < -0.39 is 0 Å². The SMILES string of the molecule is CC(C)(C)Nc1nc2ccc(N)cc2s1. The molecular weight excluding hydrogens is 206 g/mol. The van der Waals surface area contributed by atoms with Crippen LogP contribution in [0.2, 0.25) is 0 Å². The van der Waals surface area contributed by atoms with Crippen LogP contribution in [-0.4, -0.2) is 10.5 Å². The number of nitrogens with one attached hydrogen (secondary N) is 1. The average Bonchev–Trinajstić information content (AvgIpc) is 2.42. The Bertz CT molecular complexity index is 482. The van der Waals surface area contributed by atoms with Crippen LogP contribution in [0.3, 0.4) is 0 Å². The Morgan fingerprint density at radius 1 is 1.33 bits per heavy atom. The number of aromatic nitrogens is 1. The number of rotatable bonds is 1. The zero-order valence-corrected chi connectivity index (χ0v) is 9.98. The van der Waals surface area contributed by atoms with Gasteiger partial charge in [0.25, 0.3) is 0 Å². The molecule has 4 heteroatoms. The molecule has 0 amide bonds. The zero-order chi connectivity index (χ0) is 11.1. The second-order valence-corrected chi connectivity index (χ2v) is 5.65. The van der Waals surface area contributed by atoms with Gasteiger partial charge in [-0.1, -0.05) is 11.3 Å². The van der Waals surface area contributed by atoms with Gasteiger partial charge in [-0.2, -0.15) is 0 Å². The fourth-order valence-electron chi connectivity index (χ4n) is 1.32. The van der Waals surface area contributed by atoms with E-state index in [0.29, 0.717) is 0 Å². The molecule has 0 atom stereocenters. The van der Waals surface area contributed by atoms with Crippen LogP contribution in [0.4, 0.5) is 10.8 Å². The smallest absolute Gasteiger partial charge is 0.184 e. The summed E-state index contributed by atoms with van der Waals surface area (Å²) in [6, 6.07) is 5.79. The second kappa shape index (κ2) is 3.38. The third kappa shape index (κ3) is 2.39. The molecule has 0 unspecified atom stereocenters. The Kier molecular flexibility index (Phi) is 2.31. The predicted molar refractivity (Wildman–Crippen MR) is 67.4 cm³/mol. The molecule has 80 valence electrons. The van der Waals surface area contributed by atoms with E-state index in [4.69, 9.17) is 5.73 Å². The maximum atomic E-state index is 5.72. The van der Waals surface area contributed by atoms with Gasteiger partial charge in [-0.05, 0) is 39.0 Å². The van der Waals surface area contributed by atoms with Crippen molar-refractivity contribution in [3.8, 4) is 0 Å². The van der Waals surface area contributed by atoms with Crippen molar-refractivity contribution in [1.29, 1.82) is 0 Å². The van der Waals surface area contributed by atoms with Crippen LogP contribution >= 0.6 is 11.3 Å². The average molecular weight is 221 g/mol. The van der Waals surface area contributed by atoms with Gasteiger partial charge >= 0.3 is 0 Å². The van der Waals surface area contributed by atoms with Crippen molar-refractivity contribution < 1.29 is 0 Å². The molecule has 0 saturated carbocycles. The summed E-state index contributed by atoms with van der Waals surface area (Å²) in [4.78, 5) is 4.49. The number of anilines is 2. The third-order valence-electron chi connectivity index (χ3n) is 1.89. The minimum atomic E-state index is 0.0411. The lowest BCUT2D eigenvalue weighted by molar-refractivity contribution is 0.633. The molecule has 3 N–H and O–H groups in total. The maximum Gasteiger partial charge on any atom is 0.184 e. The van der Waals surface area contributed by atoms with Crippen LogP contribution in [0.5, 0.6) is 0 Å². The van der Waals surface area contributed by atoms with Crippen LogP contribution in [0, 0.1) is 0 Å². The van der Waals surface area contributed by atoms with Crippen LogP contribution in [-0.2, 0) is 0 Å². The van der Waals surface area contributed by atoms with Crippen LogP contribution in [0.1, 0.15) is 20.8 Å².